The van der Waals surface area contributed by atoms with Crippen molar-refractivity contribution >= 4 is 61.4 Å². The van der Waals surface area contributed by atoms with E-state index in [1.165, 1.54) is 0 Å². The van der Waals surface area contributed by atoms with E-state index in [1.54, 1.807) is 0 Å². The molecule has 0 saturated carbocycles. The first kappa shape index (κ1) is 23.8. The van der Waals surface area contributed by atoms with Crippen LogP contribution in [0.25, 0.3) is 43.9 Å². The molecule has 0 fully saturated rings. The molecule has 0 aliphatic carbocycles. The van der Waals surface area contributed by atoms with E-state index in [4.69, 9.17) is 18.1 Å². The van der Waals surface area contributed by atoms with Gasteiger partial charge in [-0.2, -0.15) is 0 Å². The maximum Gasteiger partial charge on any atom is 0.306 e. The molecule has 0 unspecified atom stereocenters. The molecule has 0 spiro atoms. The minimum Gasteiger partial charge on any atom is -0.556 e. The zero-order valence-corrected chi connectivity index (χ0v) is 22.3. The Hall–Kier alpha value is -3.54. The van der Waals surface area contributed by atoms with Crippen molar-refractivity contribution in [3.05, 3.63) is 84.9 Å². The number of furan rings is 2. The van der Waals surface area contributed by atoms with E-state index in [9.17, 15) is 0 Å². The molecule has 37 heavy (non-hydrogen) atoms. The molecule has 4 aromatic carbocycles. The average Bonchev–Trinajstić information content (AvgIpc) is 3.40. The number of fused-ring (bicyclic) bond motifs is 6. The summed E-state index contributed by atoms with van der Waals surface area (Å²) in [5, 5.41) is 4.20. The number of rotatable bonds is 4. The summed E-state index contributed by atoms with van der Waals surface area (Å²) >= 11 is 0. The van der Waals surface area contributed by atoms with Gasteiger partial charge >= 0.3 is 6.55 Å². The molecule has 4 nitrogen and oxygen atoms in total. The first-order valence-corrected chi connectivity index (χ1v) is 12.9. The van der Waals surface area contributed by atoms with Crippen molar-refractivity contribution in [3.63, 3.8) is 0 Å². The lowest BCUT2D eigenvalue weighted by Crippen LogP contribution is -2.68. The van der Waals surface area contributed by atoms with Gasteiger partial charge in [0.2, 0.25) is 0 Å². The lowest BCUT2D eigenvalue weighted by atomic mass is 9.45. The fraction of sp³-hybridized carbons (Fsp3) is 0.250. The predicted octanol–water partition coefficient (Wildman–Crippen LogP) is 7.67. The molecule has 0 atom stereocenters. The summed E-state index contributed by atoms with van der Waals surface area (Å²) in [5.74, 6) is 0. The van der Waals surface area contributed by atoms with Gasteiger partial charge in [0, 0.05) is 32.7 Å². The first-order chi connectivity index (χ1) is 17.6. The summed E-state index contributed by atoms with van der Waals surface area (Å²) < 4.78 is 27.3. The molecular formula is C32H32BO4-. The Morgan fingerprint density at radius 3 is 1.27 bits per heavy atom. The molecule has 2 aromatic heterocycles. The van der Waals surface area contributed by atoms with E-state index in [-0.39, 0.29) is 0 Å². The second-order valence-corrected chi connectivity index (χ2v) is 11.8. The highest BCUT2D eigenvalue weighted by Crippen LogP contribution is 2.34. The quantitative estimate of drug-likeness (QED) is 0.237. The molecular weight excluding hydrogens is 459 g/mol. The Morgan fingerprint density at radius 1 is 0.486 bits per heavy atom. The first-order valence-electron chi connectivity index (χ1n) is 12.9. The average molecular weight is 491 g/mol. The van der Waals surface area contributed by atoms with Crippen molar-refractivity contribution < 1.29 is 18.1 Å². The van der Waals surface area contributed by atoms with Gasteiger partial charge in [-0.25, -0.2) is 0 Å². The zero-order valence-electron chi connectivity index (χ0n) is 22.3. The van der Waals surface area contributed by atoms with Crippen LogP contribution < -0.4 is 10.9 Å². The third-order valence-corrected chi connectivity index (χ3v) is 6.73. The fourth-order valence-electron chi connectivity index (χ4n) is 5.58. The van der Waals surface area contributed by atoms with Crippen LogP contribution in [0.5, 0.6) is 0 Å². The Bertz CT molecular complexity index is 1630. The molecule has 0 aliphatic rings. The molecule has 0 saturated heterocycles. The van der Waals surface area contributed by atoms with E-state index in [0.717, 1.165) is 54.8 Å². The molecule has 0 radical (unpaired) electrons. The van der Waals surface area contributed by atoms with Crippen LogP contribution in [0.4, 0.5) is 0 Å². The Balaban J connectivity index is 1.77. The Labute approximate surface area is 217 Å². The van der Waals surface area contributed by atoms with Crippen LogP contribution in [-0.2, 0) is 9.31 Å². The van der Waals surface area contributed by atoms with Gasteiger partial charge in [0.1, 0.15) is 22.3 Å². The van der Waals surface area contributed by atoms with E-state index < -0.39 is 17.8 Å². The molecule has 5 heteroatoms. The Morgan fingerprint density at radius 2 is 0.865 bits per heavy atom. The van der Waals surface area contributed by atoms with Gasteiger partial charge in [-0.05, 0) is 53.7 Å². The van der Waals surface area contributed by atoms with Crippen molar-refractivity contribution in [3.8, 4) is 0 Å². The van der Waals surface area contributed by atoms with Crippen LogP contribution in [0.2, 0.25) is 0 Å². The highest BCUT2D eigenvalue weighted by Gasteiger charge is 2.42. The second-order valence-electron chi connectivity index (χ2n) is 11.8. The third-order valence-electron chi connectivity index (χ3n) is 6.73. The van der Waals surface area contributed by atoms with Gasteiger partial charge in [0.05, 0.1) is 0 Å². The summed E-state index contributed by atoms with van der Waals surface area (Å²) in [7, 11) is 0. The standard InChI is InChI=1S/C32H32BO4/c1-31(2,3)36-33(37-32(4,5)6,25-17-11-15-23-21-13-7-9-19-27(21)34-29(23)25)26-18-12-16-24-22-14-8-10-20-28(22)35-30(24)26/h7-20H,1-6H3/q-1. The van der Waals surface area contributed by atoms with E-state index in [1.807, 2.05) is 36.4 Å². The molecule has 188 valence electrons. The normalized spacial score (nSPS) is 13.4. The maximum absolute atomic E-state index is 7.10. The predicted molar refractivity (Wildman–Crippen MR) is 154 cm³/mol. The van der Waals surface area contributed by atoms with Gasteiger partial charge in [-0.15, -0.1) is 10.9 Å². The molecule has 0 amide bonds. The van der Waals surface area contributed by atoms with Crippen LogP contribution in [0, 0.1) is 0 Å². The SMILES string of the molecule is CC(C)(C)O[B-](OC(C)(C)C)(c1cccc2c1oc1ccccc12)c1cccc2c1oc1ccccc12. The largest absolute Gasteiger partial charge is 0.556 e. The highest BCUT2D eigenvalue weighted by molar-refractivity contribution is 6.95. The van der Waals surface area contributed by atoms with Gasteiger partial charge in [0.15, 0.2) is 0 Å². The summed E-state index contributed by atoms with van der Waals surface area (Å²) in [6.45, 7) is 10.1. The fourth-order valence-corrected chi connectivity index (χ4v) is 5.58. The monoisotopic (exact) mass is 491 g/mol. The van der Waals surface area contributed by atoms with Crippen LogP contribution in [-0.4, -0.2) is 17.8 Å². The summed E-state index contributed by atoms with van der Waals surface area (Å²) in [6.07, 6.45) is 0. The number of para-hydroxylation sites is 4. The molecule has 6 aromatic rings. The minimum absolute atomic E-state index is 0.534. The molecule has 0 aliphatic heterocycles. The van der Waals surface area contributed by atoms with E-state index in [2.05, 4.69) is 90.1 Å². The van der Waals surface area contributed by atoms with Crippen LogP contribution in [0.3, 0.4) is 0 Å². The van der Waals surface area contributed by atoms with Gasteiger partial charge < -0.3 is 18.1 Å². The van der Waals surface area contributed by atoms with Crippen molar-refractivity contribution in [2.45, 2.75) is 52.7 Å². The number of benzene rings is 4. The minimum atomic E-state index is -2.28. The van der Waals surface area contributed by atoms with Crippen molar-refractivity contribution in [2.24, 2.45) is 0 Å². The van der Waals surface area contributed by atoms with Gasteiger partial charge in [-0.3, -0.25) is 0 Å². The van der Waals surface area contributed by atoms with Gasteiger partial charge in [-0.1, -0.05) is 72.8 Å². The maximum atomic E-state index is 7.10. The van der Waals surface area contributed by atoms with Crippen LogP contribution in [0.1, 0.15) is 41.5 Å². The summed E-state index contributed by atoms with van der Waals surface area (Å²) in [6, 6.07) is 28.7. The summed E-state index contributed by atoms with van der Waals surface area (Å²) in [5.41, 5.74) is 3.88. The zero-order chi connectivity index (χ0) is 26.0. The van der Waals surface area contributed by atoms with E-state index >= 15 is 0 Å². The molecule has 2 heterocycles. The van der Waals surface area contributed by atoms with Crippen molar-refractivity contribution in [2.75, 3.05) is 0 Å². The summed E-state index contributed by atoms with van der Waals surface area (Å²) in [4.78, 5) is 0. The third kappa shape index (κ3) is 4.03. The molecule has 0 bridgehead atoms. The smallest absolute Gasteiger partial charge is 0.306 e. The highest BCUT2D eigenvalue weighted by atomic mass is 16.6. The van der Waals surface area contributed by atoms with E-state index in [0.29, 0.717) is 0 Å². The van der Waals surface area contributed by atoms with Gasteiger partial charge in [0.25, 0.3) is 0 Å². The second kappa shape index (κ2) is 8.24. The molecule has 0 N–H and O–H groups in total. The number of hydrogen-bond acceptors (Lipinski definition) is 4. The van der Waals surface area contributed by atoms with Crippen LogP contribution in [0.15, 0.2) is 93.8 Å². The Kier molecular flexibility index (Phi) is 5.31. The number of hydrogen-bond donors (Lipinski definition) is 0. The lowest BCUT2D eigenvalue weighted by Gasteiger charge is -2.51. The lowest BCUT2D eigenvalue weighted by molar-refractivity contribution is 0.0298. The molecule has 6 rings (SSSR count). The van der Waals surface area contributed by atoms with Crippen molar-refractivity contribution in [1.82, 2.24) is 0 Å². The van der Waals surface area contributed by atoms with Crippen molar-refractivity contribution in [1.29, 1.82) is 0 Å². The topological polar surface area (TPSA) is 44.7 Å². The van der Waals surface area contributed by atoms with Crippen LogP contribution >= 0.6 is 0 Å².